The summed E-state index contributed by atoms with van der Waals surface area (Å²) >= 11 is 3.40. The second-order valence-electron chi connectivity index (χ2n) is 5.99. The molecule has 2 aromatic rings. The number of halogens is 1. The maximum atomic E-state index is 9.25. The van der Waals surface area contributed by atoms with Crippen molar-refractivity contribution in [3.63, 3.8) is 0 Å². The summed E-state index contributed by atoms with van der Waals surface area (Å²) in [5.74, 6) is 2.40. The van der Waals surface area contributed by atoms with Gasteiger partial charge in [-0.3, -0.25) is 0 Å². The molecular formula is C16H15BrN4O. The molecule has 1 aromatic heterocycles. The molecule has 22 heavy (non-hydrogen) atoms. The number of aromatic nitrogens is 2. The first kappa shape index (κ1) is 13.8. The molecule has 0 radical (unpaired) electrons. The molecule has 0 atom stereocenters. The third kappa shape index (κ3) is 2.30. The van der Waals surface area contributed by atoms with Crippen LogP contribution < -0.4 is 4.90 Å². The fraction of sp³-hybridized carbons (Fsp3) is 0.438. The van der Waals surface area contributed by atoms with E-state index in [0.717, 1.165) is 35.0 Å². The van der Waals surface area contributed by atoms with E-state index in [1.165, 1.54) is 19.3 Å². The summed E-state index contributed by atoms with van der Waals surface area (Å²) in [5, 5.41) is 13.4. The van der Waals surface area contributed by atoms with E-state index < -0.39 is 0 Å². The molecule has 2 aliphatic rings. The average Bonchev–Trinajstić information content (AvgIpc) is 2.85. The molecule has 1 aliphatic heterocycles. The van der Waals surface area contributed by atoms with Gasteiger partial charge >= 0.3 is 0 Å². The molecule has 2 heterocycles. The quantitative estimate of drug-likeness (QED) is 0.838. The van der Waals surface area contributed by atoms with Gasteiger partial charge in [0.05, 0.1) is 17.2 Å². The van der Waals surface area contributed by atoms with E-state index in [4.69, 9.17) is 4.52 Å². The summed E-state index contributed by atoms with van der Waals surface area (Å²) < 4.78 is 6.35. The Morgan fingerprint density at radius 2 is 2.09 bits per heavy atom. The number of rotatable bonds is 3. The van der Waals surface area contributed by atoms with Gasteiger partial charge < -0.3 is 9.42 Å². The lowest BCUT2D eigenvalue weighted by molar-refractivity contribution is 0.317. The Bertz CT molecular complexity index is 741. The summed E-state index contributed by atoms with van der Waals surface area (Å²) in [4.78, 5) is 6.75. The minimum atomic E-state index is 0.275. The van der Waals surface area contributed by atoms with Gasteiger partial charge in [0.25, 0.3) is 0 Å². The molecule has 6 heteroatoms. The summed E-state index contributed by atoms with van der Waals surface area (Å²) in [6, 6.07) is 8.04. The second-order valence-corrected chi connectivity index (χ2v) is 6.91. The predicted molar refractivity (Wildman–Crippen MR) is 84.7 cm³/mol. The smallest absolute Gasteiger partial charge is 0.233 e. The van der Waals surface area contributed by atoms with Crippen LogP contribution in [0.4, 0.5) is 5.69 Å². The van der Waals surface area contributed by atoms with Crippen LogP contribution in [0.5, 0.6) is 0 Å². The highest BCUT2D eigenvalue weighted by Crippen LogP contribution is 2.37. The molecule has 0 N–H and O–H groups in total. The van der Waals surface area contributed by atoms with Crippen LogP contribution in [0.2, 0.25) is 0 Å². The first-order valence-corrected chi connectivity index (χ1v) is 8.32. The lowest BCUT2D eigenvalue weighted by atomic mass is 9.85. The molecular weight excluding hydrogens is 344 g/mol. The van der Waals surface area contributed by atoms with Crippen LogP contribution in [0.3, 0.4) is 0 Å². The fourth-order valence-electron chi connectivity index (χ4n) is 2.95. The minimum absolute atomic E-state index is 0.275. The third-order valence-electron chi connectivity index (χ3n) is 4.58. The Balaban J connectivity index is 1.45. The fourth-order valence-corrected chi connectivity index (χ4v) is 3.31. The van der Waals surface area contributed by atoms with Gasteiger partial charge in [0.2, 0.25) is 5.89 Å². The van der Waals surface area contributed by atoms with E-state index in [0.29, 0.717) is 11.5 Å². The summed E-state index contributed by atoms with van der Waals surface area (Å²) in [6.45, 7) is 1.64. The summed E-state index contributed by atoms with van der Waals surface area (Å²) in [6.07, 6.45) is 3.63. The Morgan fingerprint density at radius 1 is 1.27 bits per heavy atom. The standard InChI is InChI=1S/C16H15BrN4O/c17-13-4-5-14(11(6-13)7-18)21-8-12(9-21)16-19-15(20-22-16)10-2-1-3-10/h4-6,10,12H,1-3,8-9H2. The van der Waals surface area contributed by atoms with Gasteiger partial charge in [0.1, 0.15) is 6.07 Å². The van der Waals surface area contributed by atoms with E-state index >= 15 is 0 Å². The van der Waals surface area contributed by atoms with Crippen molar-refractivity contribution in [2.45, 2.75) is 31.1 Å². The molecule has 5 nitrogen and oxygen atoms in total. The Hall–Kier alpha value is -1.87. The van der Waals surface area contributed by atoms with Crippen molar-refractivity contribution in [2.75, 3.05) is 18.0 Å². The van der Waals surface area contributed by atoms with E-state index in [1.807, 2.05) is 18.2 Å². The van der Waals surface area contributed by atoms with Crippen molar-refractivity contribution in [1.82, 2.24) is 10.1 Å². The van der Waals surface area contributed by atoms with Crippen LogP contribution in [0.25, 0.3) is 0 Å². The Kier molecular flexibility index (Phi) is 3.38. The van der Waals surface area contributed by atoms with Gasteiger partial charge in [-0.2, -0.15) is 10.2 Å². The molecule has 1 aliphatic carbocycles. The summed E-state index contributed by atoms with van der Waals surface area (Å²) in [7, 11) is 0. The van der Waals surface area contributed by atoms with Gasteiger partial charge in [-0.05, 0) is 31.0 Å². The van der Waals surface area contributed by atoms with Crippen LogP contribution in [-0.2, 0) is 0 Å². The van der Waals surface area contributed by atoms with Crippen molar-refractivity contribution >= 4 is 21.6 Å². The molecule has 4 rings (SSSR count). The van der Waals surface area contributed by atoms with Gasteiger partial charge in [0.15, 0.2) is 5.82 Å². The Labute approximate surface area is 137 Å². The highest BCUT2D eigenvalue weighted by atomic mass is 79.9. The maximum Gasteiger partial charge on any atom is 0.233 e. The van der Waals surface area contributed by atoms with E-state index in [-0.39, 0.29) is 5.92 Å². The minimum Gasteiger partial charge on any atom is -0.369 e. The number of anilines is 1. The van der Waals surface area contributed by atoms with E-state index in [9.17, 15) is 5.26 Å². The van der Waals surface area contributed by atoms with Crippen molar-refractivity contribution in [1.29, 1.82) is 5.26 Å². The molecule has 1 saturated heterocycles. The number of nitrogens with zero attached hydrogens (tertiary/aromatic N) is 4. The molecule has 2 fully saturated rings. The number of hydrogen-bond acceptors (Lipinski definition) is 5. The van der Waals surface area contributed by atoms with Crippen molar-refractivity contribution in [3.8, 4) is 6.07 Å². The molecule has 112 valence electrons. The monoisotopic (exact) mass is 358 g/mol. The van der Waals surface area contributed by atoms with Gasteiger partial charge in [-0.1, -0.05) is 27.5 Å². The topological polar surface area (TPSA) is 66.0 Å². The molecule has 0 unspecified atom stereocenters. The van der Waals surface area contributed by atoms with Gasteiger partial charge in [-0.25, -0.2) is 0 Å². The van der Waals surface area contributed by atoms with Crippen LogP contribution in [0, 0.1) is 11.3 Å². The van der Waals surface area contributed by atoms with Crippen LogP contribution in [-0.4, -0.2) is 23.2 Å². The van der Waals surface area contributed by atoms with Crippen molar-refractivity contribution in [3.05, 3.63) is 40.0 Å². The van der Waals surface area contributed by atoms with E-state index in [2.05, 4.69) is 37.0 Å². The molecule has 0 amide bonds. The van der Waals surface area contributed by atoms with Gasteiger partial charge in [0, 0.05) is 23.5 Å². The van der Waals surface area contributed by atoms with Crippen molar-refractivity contribution in [2.24, 2.45) is 0 Å². The lowest BCUT2D eigenvalue weighted by Gasteiger charge is -2.39. The van der Waals surface area contributed by atoms with Crippen LogP contribution in [0.1, 0.15) is 48.4 Å². The first-order chi connectivity index (χ1) is 10.7. The maximum absolute atomic E-state index is 9.25. The molecule has 0 spiro atoms. The molecule has 1 aromatic carbocycles. The third-order valence-corrected chi connectivity index (χ3v) is 5.07. The largest absolute Gasteiger partial charge is 0.369 e. The SMILES string of the molecule is N#Cc1cc(Br)ccc1N1CC(c2nc(C3CCC3)no2)C1. The summed E-state index contributed by atoms with van der Waals surface area (Å²) in [5.41, 5.74) is 1.66. The zero-order valence-electron chi connectivity index (χ0n) is 12.0. The predicted octanol–water partition coefficient (Wildman–Crippen LogP) is 3.58. The second kappa shape index (κ2) is 5.40. The van der Waals surface area contributed by atoms with E-state index in [1.54, 1.807) is 0 Å². The van der Waals surface area contributed by atoms with Crippen LogP contribution in [0.15, 0.2) is 27.2 Å². The lowest BCUT2D eigenvalue weighted by Crippen LogP contribution is -2.45. The molecule has 0 bridgehead atoms. The zero-order valence-corrected chi connectivity index (χ0v) is 13.6. The highest BCUT2D eigenvalue weighted by molar-refractivity contribution is 9.10. The average molecular weight is 359 g/mol. The van der Waals surface area contributed by atoms with Crippen molar-refractivity contribution < 1.29 is 4.52 Å². The van der Waals surface area contributed by atoms with Crippen LogP contribution >= 0.6 is 15.9 Å². The first-order valence-electron chi connectivity index (χ1n) is 7.52. The Morgan fingerprint density at radius 3 is 2.77 bits per heavy atom. The highest BCUT2D eigenvalue weighted by Gasteiger charge is 2.35. The number of benzene rings is 1. The number of hydrogen-bond donors (Lipinski definition) is 0. The normalized spacial score (nSPS) is 18.6. The zero-order chi connectivity index (χ0) is 15.1. The number of nitriles is 1. The molecule has 1 saturated carbocycles. The van der Waals surface area contributed by atoms with Gasteiger partial charge in [-0.15, -0.1) is 0 Å².